The van der Waals surface area contributed by atoms with Crippen LogP contribution in [0.15, 0.2) is 80.1 Å². The number of furan rings is 1. The van der Waals surface area contributed by atoms with E-state index in [0.717, 1.165) is 0 Å². The molecule has 0 fully saturated rings. The summed E-state index contributed by atoms with van der Waals surface area (Å²) in [7, 11) is 0. The molecule has 40 heavy (non-hydrogen) atoms. The second kappa shape index (κ2) is 9.97. The molecule has 6 rings (SSSR count). The van der Waals surface area contributed by atoms with E-state index >= 15 is 0 Å². The number of esters is 1. The number of hydrogen-bond acceptors (Lipinski definition) is 10. The number of nitro benzene ring substituents is 1. The van der Waals surface area contributed by atoms with Gasteiger partial charge in [0.25, 0.3) is 11.2 Å². The van der Waals surface area contributed by atoms with Gasteiger partial charge in [-0.25, -0.2) is 9.79 Å². The van der Waals surface area contributed by atoms with Gasteiger partial charge >= 0.3 is 5.97 Å². The van der Waals surface area contributed by atoms with Gasteiger partial charge in [0.05, 0.1) is 33.4 Å². The molecule has 2 aliphatic rings. The number of carbonyl (C=O) groups excluding carboxylic acids is 1. The second-order valence-electron chi connectivity index (χ2n) is 8.92. The van der Waals surface area contributed by atoms with Gasteiger partial charge in [-0.1, -0.05) is 17.4 Å². The molecule has 0 radical (unpaired) electrons. The maximum absolute atomic E-state index is 13.8. The summed E-state index contributed by atoms with van der Waals surface area (Å²) in [6.07, 6.45) is 1.61. The van der Waals surface area contributed by atoms with Crippen molar-refractivity contribution in [2.24, 2.45) is 4.99 Å². The summed E-state index contributed by atoms with van der Waals surface area (Å²) >= 11 is 1.17. The molecule has 0 bridgehead atoms. The van der Waals surface area contributed by atoms with Crippen molar-refractivity contribution in [3.8, 4) is 22.8 Å². The Morgan fingerprint density at radius 2 is 1.95 bits per heavy atom. The first-order chi connectivity index (χ1) is 19.3. The number of carbonyl (C=O) groups is 1. The maximum atomic E-state index is 13.8. The van der Waals surface area contributed by atoms with Crippen LogP contribution in [-0.4, -0.2) is 28.9 Å². The molecule has 0 unspecified atom stereocenters. The molecule has 4 aromatic rings. The molecule has 1 atom stereocenters. The zero-order valence-electron chi connectivity index (χ0n) is 21.3. The van der Waals surface area contributed by atoms with E-state index in [4.69, 9.17) is 18.6 Å². The van der Waals surface area contributed by atoms with Gasteiger partial charge in [0.15, 0.2) is 16.3 Å². The number of non-ortho nitro benzene ring substituents is 1. The van der Waals surface area contributed by atoms with Crippen LogP contribution in [0.5, 0.6) is 11.5 Å². The van der Waals surface area contributed by atoms with Crippen molar-refractivity contribution in [3.05, 3.63) is 107 Å². The highest BCUT2D eigenvalue weighted by atomic mass is 32.1. The summed E-state index contributed by atoms with van der Waals surface area (Å²) in [5, 5.41) is 10.9. The van der Waals surface area contributed by atoms with Crippen molar-refractivity contribution in [2.45, 2.75) is 19.9 Å². The molecule has 0 aliphatic carbocycles. The summed E-state index contributed by atoms with van der Waals surface area (Å²) in [5.41, 5.74) is 1.64. The predicted molar refractivity (Wildman–Crippen MR) is 144 cm³/mol. The number of aromatic nitrogens is 1. The fraction of sp³-hybridized carbons (Fsp3) is 0.179. The first-order valence-electron chi connectivity index (χ1n) is 12.3. The maximum Gasteiger partial charge on any atom is 0.338 e. The van der Waals surface area contributed by atoms with Gasteiger partial charge < -0.3 is 18.6 Å². The van der Waals surface area contributed by atoms with Gasteiger partial charge in [0, 0.05) is 23.8 Å². The highest BCUT2D eigenvalue weighted by Crippen LogP contribution is 2.38. The Labute approximate surface area is 230 Å². The molecule has 0 amide bonds. The largest absolute Gasteiger partial charge is 0.463 e. The van der Waals surface area contributed by atoms with E-state index < -0.39 is 16.9 Å². The molecule has 2 aliphatic heterocycles. The zero-order valence-corrected chi connectivity index (χ0v) is 22.1. The van der Waals surface area contributed by atoms with Crippen LogP contribution in [0, 0.1) is 10.1 Å². The molecule has 0 spiro atoms. The number of benzene rings is 2. The van der Waals surface area contributed by atoms with Crippen molar-refractivity contribution >= 4 is 29.1 Å². The number of nitrogens with zero attached hydrogens (tertiary/aromatic N) is 3. The smallest absolute Gasteiger partial charge is 0.338 e. The number of allylic oxidation sites excluding steroid dienone is 1. The summed E-state index contributed by atoms with van der Waals surface area (Å²) in [4.78, 5) is 42.3. The molecule has 0 N–H and O–H groups in total. The fourth-order valence-corrected chi connectivity index (χ4v) is 5.68. The molecule has 202 valence electrons. The van der Waals surface area contributed by atoms with Crippen LogP contribution in [-0.2, 0) is 9.53 Å². The summed E-state index contributed by atoms with van der Waals surface area (Å²) < 4.78 is 24.1. The van der Waals surface area contributed by atoms with E-state index in [1.165, 1.54) is 28.0 Å². The van der Waals surface area contributed by atoms with E-state index in [2.05, 4.69) is 4.99 Å². The summed E-state index contributed by atoms with van der Waals surface area (Å²) in [6, 6.07) is 13.9. The minimum absolute atomic E-state index is 0.0221. The first-order valence-corrected chi connectivity index (χ1v) is 13.1. The highest BCUT2D eigenvalue weighted by Gasteiger charge is 2.34. The molecular formula is C28H21N3O8S. The second-order valence-corrected chi connectivity index (χ2v) is 9.93. The number of thiazole rings is 1. The van der Waals surface area contributed by atoms with Crippen molar-refractivity contribution in [1.29, 1.82) is 0 Å². The van der Waals surface area contributed by atoms with Gasteiger partial charge in [-0.05, 0) is 55.8 Å². The van der Waals surface area contributed by atoms with Gasteiger partial charge in [-0.2, -0.15) is 0 Å². The van der Waals surface area contributed by atoms with Crippen LogP contribution >= 0.6 is 11.3 Å². The van der Waals surface area contributed by atoms with E-state index in [1.54, 1.807) is 62.4 Å². The summed E-state index contributed by atoms with van der Waals surface area (Å²) in [5.74, 6) is 1.45. The average Bonchev–Trinajstić information content (AvgIpc) is 3.67. The molecule has 11 nitrogen and oxygen atoms in total. The lowest BCUT2D eigenvalue weighted by Gasteiger charge is -2.24. The van der Waals surface area contributed by atoms with Crippen molar-refractivity contribution < 1.29 is 28.3 Å². The quantitative estimate of drug-likeness (QED) is 0.198. The third-order valence-electron chi connectivity index (χ3n) is 6.49. The Morgan fingerprint density at radius 1 is 1.18 bits per heavy atom. The third kappa shape index (κ3) is 4.37. The lowest BCUT2D eigenvalue weighted by molar-refractivity contribution is -0.384. The molecular weight excluding hydrogens is 538 g/mol. The van der Waals surface area contributed by atoms with Gasteiger partial charge in [0.1, 0.15) is 11.5 Å². The van der Waals surface area contributed by atoms with Crippen molar-refractivity contribution in [2.75, 3.05) is 13.4 Å². The Hall–Kier alpha value is -4.97. The third-order valence-corrected chi connectivity index (χ3v) is 7.48. The Kier molecular flexibility index (Phi) is 6.31. The Morgan fingerprint density at radius 3 is 2.70 bits per heavy atom. The monoisotopic (exact) mass is 559 g/mol. The molecule has 12 heteroatoms. The van der Waals surface area contributed by atoms with Crippen molar-refractivity contribution in [3.63, 3.8) is 0 Å². The van der Waals surface area contributed by atoms with Gasteiger partial charge in [0.2, 0.25) is 6.79 Å². The zero-order chi connectivity index (χ0) is 28.0. The number of fused-ring (bicyclic) bond motifs is 2. The normalized spacial score (nSPS) is 16.1. The minimum Gasteiger partial charge on any atom is -0.463 e. The fourth-order valence-electron chi connectivity index (χ4n) is 4.65. The Bertz CT molecular complexity index is 1880. The highest BCUT2D eigenvalue weighted by molar-refractivity contribution is 7.07. The number of rotatable bonds is 6. The van der Waals surface area contributed by atoms with E-state index in [9.17, 15) is 19.7 Å². The minimum atomic E-state index is -0.792. The number of ether oxygens (including phenoxy) is 3. The standard InChI is InChI=1S/C28H21N3O8S/c1-3-36-27(33)24-15(2)29-28-30(25(24)17-6-10-21-22(12-17)38-14-37-21)26(32)23(40-28)13-19-9-11-20(39-19)16-4-7-18(8-5-16)31(34)35/h4-13,25H,3,14H2,1-2H3/b23-13-/t25-/m1/s1. The first kappa shape index (κ1) is 25.3. The molecule has 0 saturated heterocycles. The van der Waals surface area contributed by atoms with Gasteiger partial charge in [-0.15, -0.1) is 0 Å². The van der Waals surface area contributed by atoms with E-state index in [0.29, 0.717) is 49.2 Å². The summed E-state index contributed by atoms with van der Waals surface area (Å²) in [6.45, 7) is 3.69. The molecule has 0 saturated carbocycles. The van der Waals surface area contributed by atoms with E-state index in [-0.39, 0.29) is 30.2 Å². The lowest BCUT2D eigenvalue weighted by Crippen LogP contribution is -2.39. The number of hydrogen-bond donors (Lipinski definition) is 0. The van der Waals surface area contributed by atoms with Crippen LogP contribution in [0.3, 0.4) is 0 Å². The molecule has 2 aromatic heterocycles. The van der Waals surface area contributed by atoms with Gasteiger partial charge in [-0.3, -0.25) is 19.5 Å². The van der Waals surface area contributed by atoms with E-state index in [1.807, 2.05) is 0 Å². The molecule has 4 heterocycles. The SMILES string of the molecule is CCOC(=O)C1=C(C)N=c2s/c(=C\c3ccc(-c4ccc([N+](=O)[O-])cc4)o3)c(=O)n2[C@@H]1c1ccc2c(c1)OCO2. The van der Waals surface area contributed by atoms with Crippen LogP contribution in [0.4, 0.5) is 5.69 Å². The van der Waals surface area contributed by atoms with Crippen LogP contribution in [0.25, 0.3) is 17.4 Å². The Balaban J connectivity index is 1.44. The van der Waals surface area contributed by atoms with Crippen LogP contribution in [0.2, 0.25) is 0 Å². The van der Waals surface area contributed by atoms with Crippen molar-refractivity contribution in [1.82, 2.24) is 4.57 Å². The molecule has 2 aromatic carbocycles. The topological polar surface area (TPSA) is 135 Å². The predicted octanol–water partition coefficient (Wildman–Crippen LogP) is 3.70. The number of nitro groups is 1. The van der Waals surface area contributed by atoms with Crippen LogP contribution in [0.1, 0.15) is 31.2 Å². The lowest BCUT2D eigenvalue weighted by atomic mass is 9.95. The van der Waals surface area contributed by atoms with Crippen LogP contribution < -0.4 is 24.4 Å². The average molecular weight is 560 g/mol.